The maximum Gasteiger partial charge on any atom is 0.347 e. The molecular formula is C21H45N3O12. The SMILES string of the molecule is CCC(=O)OC(C)C(=O)OC(C)C(=O)CC.CCC(=O)OC(C)C(=O)OC(C)C(=O)O.CN.O.[2H]N.[2H]N. The minimum atomic E-state index is -1.25. The van der Waals surface area contributed by atoms with Crippen LogP contribution >= 0.6 is 0 Å². The molecule has 0 aromatic heterocycles. The molecule has 0 radical (unpaired) electrons. The van der Waals surface area contributed by atoms with Crippen molar-refractivity contribution in [3.8, 4) is 0 Å². The number of aliphatic carboxylic acids is 1. The normalized spacial score (nSPS) is 12.4. The number of nitrogens with two attached hydrogens (primary N) is 1. The van der Waals surface area contributed by atoms with Crippen LogP contribution in [0, 0.1) is 0 Å². The van der Waals surface area contributed by atoms with Crippen LogP contribution < -0.4 is 18.0 Å². The molecule has 0 amide bonds. The fraction of sp³-hybridized carbons (Fsp3) is 0.714. The highest BCUT2D eigenvalue weighted by molar-refractivity contribution is 5.86. The Kier molecular flexibility index (Phi) is 29.4. The summed E-state index contributed by atoms with van der Waals surface area (Å²) in [5, 5.41) is 8.46. The maximum atomic E-state index is 11.4. The third kappa shape index (κ3) is 22.6. The number of ether oxygens (including phenoxy) is 4. The van der Waals surface area contributed by atoms with Crippen LogP contribution in [0.15, 0.2) is 0 Å². The number of Topliss-reactive ketones (excluding diaryl/α,β-unsaturated/α-hetero) is 1. The van der Waals surface area contributed by atoms with Gasteiger partial charge in [0.25, 0.3) is 0 Å². The van der Waals surface area contributed by atoms with Gasteiger partial charge in [-0.05, 0) is 34.7 Å². The van der Waals surface area contributed by atoms with Gasteiger partial charge in [0.1, 0.15) is 2.82 Å². The van der Waals surface area contributed by atoms with Gasteiger partial charge in [0.2, 0.25) is 0 Å². The standard InChI is InChI=1S/C11H18O5.C9H14O6.CH5N.2H3N.H2O/c1-5-9(12)7(3)16-11(14)8(4)15-10(13)6-2;1-4-7(10)14-6(3)9(13)15-5(2)8(11)12;1-2;;;/h7-8H,5-6H2,1-4H3;5-6H,4H2,1-3H3,(H,11,12);2H2,1H3;2*1H3;1H2/i/hD2. The molecule has 0 aliphatic heterocycles. The third-order valence-corrected chi connectivity index (χ3v) is 3.59. The van der Waals surface area contributed by atoms with Crippen molar-refractivity contribution in [2.45, 2.75) is 92.1 Å². The summed E-state index contributed by atoms with van der Waals surface area (Å²) < 4.78 is 29.2. The first-order chi connectivity index (χ1) is 17.3. The Morgan fingerprint density at radius 2 is 0.972 bits per heavy atom. The van der Waals surface area contributed by atoms with Gasteiger partial charge in [-0.2, -0.15) is 0 Å². The second kappa shape index (κ2) is 26.5. The first-order valence-electron chi connectivity index (χ1n) is 11.6. The van der Waals surface area contributed by atoms with Crippen molar-refractivity contribution >= 4 is 35.6 Å². The molecule has 0 aliphatic rings. The van der Waals surface area contributed by atoms with E-state index in [1.165, 1.54) is 34.7 Å². The third-order valence-electron chi connectivity index (χ3n) is 3.59. The van der Waals surface area contributed by atoms with E-state index in [0.717, 1.165) is 0 Å². The summed E-state index contributed by atoms with van der Waals surface area (Å²) in [6, 6.07) is 0. The Morgan fingerprint density at radius 3 is 1.22 bits per heavy atom. The highest BCUT2D eigenvalue weighted by atomic mass is 16.6. The van der Waals surface area contributed by atoms with Gasteiger partial charge in [-0.3, -0.25) is 14.4 Å². The van der Waals surface area contributed by atoms with E-state index in [-0.39, 0.29) is 24.1 Å². The van der Waals surface area contributed by atoms with Crippen LogP contribution in [0.3, 0.4) is 0 Å². The summed E-state index contributed by atoms with van der Waals surface area (Å²) in [5.41, 5.74) is 4.50. The van der Waals surface area contributed by atoms with Crippen molar-refractivity contribution in [3.05, 3.63) is 0 Å². The van der Waals surface area contributed by atoms with Crippen molar-refractivity contribution in [2.75, 3.05) is 7.05 Å². The average molecular weight is 534 g/mol. The van der Waals surface area contributed by atoms with Crippen molar-refractivity contribution in [3.63, 3.8) is 0 Å². The van der Waals surface area contributed by atoms with E-state index in [0.29, 0.717) is 6.42 Å². The first kappa shape index (κ1) is 40.0. The lowest BCUT2D eigenvalue weighted by molar-refractivity contribution is -0.174. The summed E-state index contributed by atoms with van der Waals surface area (Å²) in [5.74, 6) is -4.00. The van der Waals surface area contributed by atoms with Crippen molar-refractivity contribution < 1.29 is 61.1 Å². The number of ketones is 1. The maximum absolute atomic E-state index is 11.4. The molecular weight excluding hydrogens is 486 g/mol. The monoisotopic (exact) mass is 533 g/mol. The Labute approximate surface area is 214 Å². The fourth-order valence-corrected chi connectivity index (χ4v) is 1.60. The van der Waals surface area contributed by atoms with E-state index >= 15 is 0 Å². The van der Waals surface area contributed by atoms with Gasteiger partial charge >= 0.3 is 29.8 Å². The lowest BCUT2D eigenvalue weighted by atomic mass is 10.2. The molecule has 216 valence electrons. The number of hydrogen-bond donors (Lipinski definition) is 4. The van der Waals surface area contributed by atoms with Crippen LogP contribution in [-0.2, 0) is 47.7 Å². The zero-order chi connectivity index (χ0) is 30.7. The van der Waals surface area contributed by atoms with Crippen LogP contribution in [0.25, 0.3) is 0 Å². The smallest absolute Gasteiger partial charge is 0.347 e. The summed E-state index contributed by atoms with van der Waals surface area (Å²) in [7, 11) is 1.50. The molecule has 4 unspecified atom stereocenters. The topological polar surface area (TPSA) is 287 Å². The quantitative estimate of drug-likeness (QED) is 0.209. The molecule has 0 aliphatic carbocycles. The molecule has 0 fully saturated rings. The van der Waals surface area contributed by atoms with E-state index in [4.69, 9.17) is 17.4 Å². The molecule has 0 heterocycles. The van der Waals surface area contributed by atoms with Gasteiger partial charge < -0.3 is 47.6 Å². The Bertz CT molecular complexity index is 669. The summed E-state index contributed by atoms with van der Waals surface area (Å²) in [4.78, 5) is 65.7. The molecule has 0 saturated heterocycles. The number of carbonyl (C=O) groups is 6. The van der Waals surface area contributed by atoms with Gasteiger partial charge in [-0.1, -0.05) is 20.8 Å². The van der Waals surface area contributed by atoms with Crippen LogP contribution in [0.1, 0.15) is 67.7 Å². The number of carboxylic acids is 1. The number of rotatable bonds is 11. The molecule has 0 rings (SSSR count). The van der Waals surface area contributed by atoms with Gasteiger partial charge in [0, 0.05) is 19.3 Å². The zero-order valence-corrected chi connectivity index (χ0v) is 22.2. The van der Waals surface area contributed by atoms with Crippen LogP contribution in [0.5, 0.6) is 0 Å². The fourth-order valence-electron chi connectivity index (χ4n) is 1.60. The van der Waals surface area contributed by atoms with Crippen LogP contribution in [0.2, 0.25) is 2.82 Å². The molecule has 11 N–H and O–H groups in total. The van der Waals surface area contributed by atoms with Crippen molar-refractivity contribution in [1.29, 1.82) is 0 Å². The predicted octanol–water partition coefficient (Wildman–Crippen LogP) is 0.658. The predicted molar refractivity (Wildman–Crippen MR) is 130 cm³/mol. The van der Waals surface area contributed by atoms with E-state index in [1.54, 1.807) is 20.8 Å². The number of carboxylic acid groups (broad SMARTS) is 1. The summed E-state index contributed by atoms with van der Waals surface area (Å²) in [6.45, 7) is 10.4. The second-order valence-electron chi connectivity index (χ2n) is 6.29. The molecule has 15 nitrogen and oxygen atoms in total. The molecule has 0 saturated carbocycles. The van der Waals surface area contributed by atoms with Gasteiger partial charge in [0.15, 0.2) is 30.2 Å². The highest BCUT2D eigenvalue weighted by Gasteiger charge is 2.24. The van der Waals surface area contributed by atoms with E-state index in [9.17, 15) is 28.8 Å². The molecule has 0 bridgehead atoms. The van der Waals surface area contributed by atoms with Gasteiger partial charge in [-0.15, -0.1) is 0 Å². The second-order valence-corrected chi connectivity index (χ2v) is 6.29. The lowest BCUT2D eigenvalue weighted by Crippen LogP contribution is -2.32. The van der Waals surface area contributed by atoms with Gasteiger partial charge in [0.05, 0.1) is 0 Å². The Balaban J connectivity index is -0.000000110. The minimum Gasteiger partial charge on any atom is -0.479 e. The van der Waals surface area contributed by atoms with Crippen molar-refractivity contribution in [1.82, 2.24) is 12.3 Å². The number of esters is 4. The number of carbonyl (C=O) groups excluding carboxylic acids is 5. The first-order valence-corrected chi connectivity index (χ1v) is 10.4. The summed E-state index contributed by atoms with van der Waals surface area (Å²) in [6.07, 6.45) is 4.05. The van der Waals surface area contributed by atoms with E-state index < -0.39 is 54.3 Å². The van der Waals surface area contributed by atoms with E-state index in [2.05, 4.69) is 27.5 Å². The lowest BCUT2D eigenvalue weighted by Gasteiger charge is -2.15. The minimum absolute atomic E-state index is 0. The summed E-state index contributed by atoms with van der Waals surface area (Å²) >= 11 is 0. The molecule has 0 aromatic carbocycles. The molecule has 36 heavy (non-hydrogen) atoms. The Morgan fingerprint density at radius 1 is 0.667 bits per heavy atom. The molecule has 15 heteroatoms. The van der Waals surface area contributed by atoms with Crippen LogP contribution in [0.4, 0.5) is 0 Å². The molecule has 0 spiro atoms. The van der Waals surface area contributed by atoms with Gasteiger partial charge in [-0.25, -0.2) is 14.4 Å². The zero-order valence-electron chi connectivity index (χ0n) is 24.2. The van der Waals surface area contributed by atoms with Crippen LogP contribution in [-0.4, -0.2) is 77.7 Å². The highest BCUT2D eigenvalue weighted by Crippen LogP contribution is 2.03. The average Bonchev–Trinajstić information content (AvgIpc) is 2.91. The molecule has 4 atom stereocenters. The van der Waals surface area contributed by atoms with Crippen molar-refractivity contribution in [2.24, 2.45) is 5.73 Å². The largest absolute Gasteiger partial charge is 0.479 e. The van der Waals surface area contributed by atoms with E-state index in [1.807, 2.05) is 0 Å². The molecule has 0 aromatic rings. The number of hydrogen-bond acceptors (Lipinski definition) is 13. The Hall–Kier alpha value is -3.14.